The van der Waals surface area contributed by atoms with E-state index in [4.69, 9.17) is 14.2 Å². The lowest BCUT2D eigenvalue weighted by molar-refractivity contribution is -0.203. The molecule has 0 unspecified atom stereocenters. The molecule has 112 valence electrons. The van der Waals surface area contributed by atoms with Crippen LogP contribution in [0.25, 0.3) is 0 Å². The van der Waals surface area contributed by atoms with Crippen LogP contribution in [-0.4, -0.2) is 43.4 Å². The monoisotopic (exact) mass is 281 g/mol. The molecule has 1 aromatic rings. The molecule has 20 heavy (non-hydrogen) atoms. The Balaban J connectivity index is 1.88. The third-order valence-electron chi connectivity index (χ3n) is 3.40. The first kappa shape index (κ1) is 15.3. The molecular formula is C15H23NO4. The van der Waals surface area contributed by atoms with E-state index in [0.29, 0.717) is 13.2 Å². The molecule has 0 saturated carbocycles. The van der Waals surface area contributed by atoms with E-state index >= 15 is 0 Å². The van der Waals surface area contributed by atoms with E-state index in [1.165, 1.54) is 0 Å². The molecule has 1 fully saturated rings. The number of aliphatic hydroxyl groups is 1. The van der Waals surface area contributed by atoms with Crippen molar-refractivity contribution in [1.82, 2.24) is 5.32 Å². The molecule has 5 nitrogen and oxygen atoms in total. The topological polar surface area (TPSA) is 60.0 Å². The summed E-state index contributed by atoms with van der Waals surface area (Å²) in [6, 6.07) is 7.69. The van der Waals surface area contributed by atoms with Crippen molar-refractivity contribution in [2.45, 2.75) is 38.3 Å². The molecule has 0 aliphatic carbocycles. The van der Waals surface area contributed by atoms with E-state index in [-0.39, 0.29) is 12.6 Å². The summed E-state index contributed by atoms with van der Waals surface area (Å²) in [6.07, 6.45) is -0.574. The Bertz CT molecular complexity index is 418. The first-order valence-electron chi connectivity index (χ1n) is 6.82. The summed E-state index contributed by atoms with van der Waals surface area (Å²) in [5.41, 5.74) is 1.13. The molecule has 0 aromatic heterocycles. The Morgan fingerprint density at radius 3 is 2.55 bits per heavy atom. The predicted molar refractivity (Wildman–Crippen MR) is 75.6 cm³/mol. The molecule has 0 radical (unpaired) electrons. The zero-order valence-electron chi connectivity index (χ0n) is 12.3. The zero-order valence-corrected chi connectivity index (χ0v) is 12.3. The quantitative estimate of drug-likeness (QED) is 0.871. The minimum Gasteiger partial charge on any atom is -0.497 e. The van der Waals surface area contributed by atoms with Gasteiger partial charge in [0.15, 0.2) is 5.79 Å². The molecule has 2 N–H and O–H groups in total. The predicted octanol–water partition coefficient (Wildman–Crippen LogP) is 1.30. The lowest BCUT2D eigenvalue weighted by Crippen LogP contribution is -2.43. The van der Waals surface area contributed by atoms with Crippen molar-refractivity contribution in [2.24, 2.45) is 0 Å². The molecule has 0 amide bonds. The minimum atomic E-state index is -0.641. The molecule has 1 aliphatic heterocycles. The van der Waals surface area contributed by atoms with Gasteiger partial charge in [-0.3, -0.25) is 0 Å². The van der Waals surface area contributed by atoms with Gasteiger partial charge in [0.05, 0.1) is 32.5 Å². The van der Waals surface area contributed by atoms with Gasteiger partial charge in [0.1, 0.15) is 5.75 Å². The van der Waals surface area contributed by atoms with Crippen molar-refractivity contribution >= 4 is 0 Å². The molecule has 0 spiro atoms. The average Bonchev–Trinajstić information content (AvgIpc) is 2.57. The van der Waals surface area contributed by atoms with E-state index in [9.17, 15) is 5.11 Å². The van der Waals surface area contributed by atoms with Crippen molar-refractivity contribution in [3.63, 3.8) is 0 Å². The molecule has 5 heteroatoms. The number of hydrogen-bond acceptors (Lipinski definition) is 5. The molecule has 1 heterocycles. The van der Waals surface area contributed by atoms with Crippen molar-refractivity contribution in [2.75, 3.05) is 20.3 Å². The van der Waals surface area contributed by atoms with Gasteiger partial charge in [0, 0.05) is 6.54 Å². The Kier molecular flexibility index (Phi) is 4.99. The molecule has 0 bridgehead atoms. The Morgan fingerprint density at radius 1 is 1.25 bits per heavy atom. The minimum absolute atomic E-state index is 0.140. The Hall–Kier alpha value is -1.14. The third kappa shape index (κ3) is 4.18. The number of nitrogens with one attached hydrogen (secondary N) is 1. The largest absolute Gasteiger partial charge is 0.497 e. The fourth-order valence-corrected chi connectivity index (χ4v) is 2.03. The maximum atomic E-state index is 10.1. The SMILES string of the molecule is COc1ccc(CN[C@H]2COC(C)(C)OC[C@@H]2O)cc1. The summed E-state index contributed by atoms with van der Waals surface area (Å²) in [7, 11) is 1.65. The van der Waals surface area contributed by atoms with Gasteiger partial charge in [-0.05, 0) is 31.5 Å². The highest BCUT2D eigenvalue weighted by atomic mass is 16.7. The van der Waals surface area contributed by atoms with Crippen LogP contribution in [0.2, 0.25) is 0 Å². The third-order valence-corrected chi connectivity index (χ3v) is 3.40. The number of rotatable bonds is 4. The Morgan fingerprint density at radius 2 is 1.90 bits per heavy atom. The van der Waals surface area contributed by atoms with Gasteiger partial charge >= 0.3 is 0 Å². The van der Waals surface area contributed by atoms with Crippen molar-refractivity contribution in [3.8, 4) is 5.75 Å². The highest BCUT2D eigenvalue weighted by Crippen LogP contribution is 2.18. The molecule has 1 saturated heterocycles. The summed E-state index contributed by atoms with van der Waals surface area (Å²) >= 11 is 0. The Labute approximate surface area is 119 Å². The molecular weight excluding hydrogens is 258 g/mol. The van der Waals surface area contributed by atoms with E-state index in [1.54, 1.807) is 7.11 Å². The number of hydrogen-bond donors (Lipinski definition) is 2. The van der Waals surface area contributed by atoms with E-state index in [2.05, 4.69) is 5.32 Å². The van der Waals surface area contributed by atoms with Gasteiger partial charge < -0.3 is 24.6 Å². The van der Waals surface area contributed by atoms with Crippen LogP contribution in [0.1, 0.15) is 19.4 Å². The maximum absolute atomic E-state index is 10.1. The van der Waals surface area contributed by atoms with Gasteiger partial charge in [-0.25, -0.2) is 0 Å². The fraction of sp³-hybridized carbons (Fsp3) is 0.600. The number of methoxy groups -OCH3 is 1. The summed E-state index contributed by atoms with van der Waals surface area (Å²) in [5, 5.41) is 13.4. The normalized spacial score (nSPS) is 26.0. The van der Waals surface area contributed by atoms with E-state index < -0.39 is 11.9 Å². The van der Waals surface area contributed by atoms with Crippen molar-refractivity contribution in [3.05, 3.63) is 29.8 Å². The van der Waals surface area contributed by atoms with Crippen molar-refractivity contribution < 1.29 is 19.3 Å². The number of benzene rings is 1. The second kappa shape index (κ2) is 6.54. The number of ether oxygens (including phenoxy) is 3. The van der Waals surface area contributed by atoms with Crippen LogP contribution in [0.3, 0.4) is 0 Å². The summed E-state index contributed by atoms with van der Waals surface area (Å²) in [5.74, 6) is 0.194. The van der Waals surface area contributed by atoms with Crippen LogP contribution < -0.4 is 10.1 Å². The van der Waals surface area contributed by atoms with Gasteiger partial charge in [0.25, 0.3) is 0 Å². The lowest BCUT2D eigenvalue weighted by atomic mass is 10.1. The molecule has 2 rings (SSSR count). The average molecular weight is 281 g/mol. The number of aliphatic hydroxyl groups excluding tert-OH is 1. The van der Waals surface area contributed by atoms with Crippen LogP contribution in [-0.2, 0) is 16.0 Å². The van der Waals surface area contributed by atoms with Crippen molar-refractivity contribution in [1.29, 1.82) is 0 Å². The lowest BCUT2D eigenvalue weighted by Gasteiger charge is -2.23. The highest BCUT2D eigenvalue weighted by Gasteiger charge is 2.30. The van der Waals surface area contributed by atoms with Gasteiger partial charge in [0.2, 0.25) is 0 Å². The second-order valence-corrected chi connectivity index (χ2v) is 5.42. The first-order valence-corrected chi connectivity index (χ1v) is 6.82. The van der Waals surface area contributed by atoms with Crippen LogP contribution in [0, 0.1) is 0 Å². The summed E-state index contributed by atoms with van der Waals surface area (Å²) in [4.78, 5) is 0. The van der Waals surface area contributed by atoms with Gasteiger partial charge in [-0.15, -0.1) is 0 Å². The second-order valence-electron chi connectivity index (χ2n) is 5.42. The van der Waals surface area contributed by atoms with Gasteiger partial charge in [-0.1, -0.05) is 12.1 Å². The molecule has 2 atom stereocenters. The summed E-state index contributed by atoms with van der Waals surface area (Å²) in [6.45, 7) is 5.06. The fourth-order valence-electron chi connectivity index (χ4n) is 2.03. The smallest absolute Gasteiger partial charge is 0.162 e. The van der Waals surface area contributed by atoms with E-state index in [1.807, 2.05) is 38.1 Å². The van der Waals surface area contributed by atoms with Crippen LogP contribution in [0.5, 0.6) is 5.75 Å². The first-order chi connectivity index (χ1) is 9.50. The molecule has 1 aromatic carbocycles. The van der Waals surface area contributed by atoms with E-state index in [0.717, 1.165) is 11.3 Å². The van der Waals surface area contributed by atoms with Gasteiger partial charge in [-0.2, -0.15) is 0 Å². The highest BCUT2D eigenvalue weighted by molar-refractivity contribution is 5.27. The van der Waals surface area contributed by atoms with Crippen LogP contribution >= 0.6 is 0 Å². The summed E-state index contributed by atoms with van der Waals surface area (Å²) < 4.78 is 16.2. The van der Waals surface area contributed by atoms with Crippen LogP contribution in [0.4, 0.5) is 0 Å². The standard InChI is InChI=1S/C15H23NO4/c1-15(2)19-9-13(14(17)10-20-15)16-8-11-4-6-12(18-3)7-5-11/h4-7,13-14,16-17H,8-10H2,1-3H3/t13-,14-/m0/s1. The zero-order chi connectivity index (χ0) is 14.6. The maximum Gasteiger partial charge on any atom is 0.162 e. The molecule has 1 aliphatic rings. The van der Waals surface area contributed by atoms with Crippen LogP contribution in [0.15, 0.2) is 24.3 Å².